The van der Waals surface area contributed by atoms with Crippen LogP contribution in [0.25, 0.3) is 0 Å². The number of piperidine rings is 1. The van der Waals surface area contributed by atoms with Gasteiger partial charge in [-0.2, -0.15) is 0 Å². The second-order valence-corrected chi connectivity index (χ2v) is 6.95. The van der Waals surface area contributed by atoms with Crippen molar-refractivity contribution in [3.8, 4) is 0 Å². The van der Waals surface area contributed by atoms with Gasteiger partial charge in [0.15, 0.2) is 5.96 Å². The number of rotatable bonds is 6. The average molecular weight is 482 g/mol. The first-order valence-corrected chi connectivity index (χ1v) is 9.59. The Bertz CT molecular complexity index is 675. The first-order valence-electron chi connectivity index (χ1n) is 9.59. The van der Waals surface area contributed by atoms with Crippen LogP contribution in [0.4, 0.5) is 0 Å². The predicted octanol–water partition coefficient (Wildman–Crippen LogP) is 4.01. The van der Waals surface area contributed by atoms with Gasteiger partial charge < -0.3 is 15.1 Å². The smallest absolute Gasteiger partial charge is 0.191 e. The van der Waals surface area contributed by atoms with E-state index >= 15 is 0 Å². The Kier molecular flexibility index (Phi) is 9.14. The largest absolute Gasteiger partial charge is 0.467 e. The van der Waals surface area contributed by atoms with Crippen molar-refractivity contribution in [2.75, 3.05) is 13.1 Å². The van der Waals surface area contributed by atoms with E-state index in [9.17, 15) is 0 Å². The summed E-state index contributed by atoms with van der Waals surface area (Å²) in [5, 5.41) is 6.95. The highest BCUT2D eigenvalue weighted by Gasteiger charge is 2.25. The van der Waals surface area contributed by atoms with E-state index in [-0.39, 0.29) is 24.0 Å². The molecular formula is C21H31IN4O. The van der Waals surface area contributed by atoms with Crippen LogP contribution in [-0.2, 0) is 13.1 Å². The van der Waals surface area contributed by atoms with Crippen molar-refractivity contribution >= 4 is 29.9 Å². The van der Waals surface area contributed by atoms with E-state index in [1.165, 1.54) is 5.56 Å². The predicted molar refractivity (Wildman–Crippen MR) is 121 cm³/mol. The minimum absolute atomic E-state index is 0. The molecule has 3 rings (SSSR count). The van der Waals surface area contributed by atoms with Crippen LogP contribution in [0.5, 0.6) is 0 Å². The summed E-state index contributed by atoms with van der Waals surface area (Å²) >= 11 is 0. The summed E-state index contributed by atoms with van der Waals surface area (Å²) in [5.41, 5.74) is 1.39. The molecule has 1 aliphatic heterocycles. The van der Waals surface area contributed by atoms with Gasteiger partial charge in [-0.15, -0.1) is 24.0 Å². The maximum absolute atomic E-state index is 5.37. The van der Waals surface area contributed by atoms with Gasteiger partial charge in [-0.05, 0) is 44.4 Å². The minimum Gasteiger partial charge on any atom is -0.467 e. The molecule has 148 valence electrons. The molecule has 0 saturated carbocycles. The number of nitrogens with one attached hydrogen (secondary N) is 2. The number of benzene rings is 1. The van der Waals surface area contributed by atoms with Gasteiger partial charge >= 0.3 is 0 Å². The fraction of sp³-hybridized carbons (Fsp3) is 0.476. The molecule has 0 radical (unpaired) electrons. The monoisotopic (exact) mass is 482 g/mol. The van der Waals surface area contributed by atoms with Crippen LogP contribution in [0.15, 0.2) is 58.1 Å². The van der Waals surface area contributed by atoms with Gasteiger partial charge in [0.05, 0.1) is 6.26 Å². The molecule has 0 bridgehead atoms. The van der Waals surface area contributed by atoms with Crippen molar-refractivity contribution in [2.24, 2.45) is 4.99 Å². The number of aliphatic imine (C=N–C) groups is 1. The first-order chi connectivity index (χ1) is 12.7. The maximum Gasteiger partial charge on any atom is 0.191 e. The molecular weight excluding hydrogens is 451 g/mol. The van der Waals surface area contributed by atoms with Gasteiger partial charge in [0.2, 0.25) is 0 Å². The van der Waals surface area contributed by atoms with E-state index in [2.05, 4.69) is 64.7 Å². The van der Waals surface area contributed by atoms with E-state index in [1.807, 2.05) is 12.1 Å². The van der Waals surface area contributed by atoms with Crippen LogP contribution in [-0.4, -0.2) is 36.0 Å². The van der Waals surface area contributed by atoms with Crippen LogP contribution in [0.2, 0.25) is 0 Å². The molecule has 2 atom stereocenters. The van der Waals surface area contributed by atoms with Crippen molar-refractivity contribution in [2.45, 2.75) is 51.9 Å². The van der Waals surface area contributed by atoms with Crippen molar-refractivity contribution in [1.29, 1.82) is 0 Å². The molecule has 6 heteroatoms. The molecule has 2 N–H and O–H groups in total. The number of guanidine groups is 1. The van der Waals surface area contributed by atoms with Gasteiger partial charge in [0.25, 0.3) is 0 Å². The van der Waals surface area contributed by atoms with Crippen LogP contribution in [0.1, 0.15) is 38.0 Å². The number of hydrogen-bond acceptors (Lipinski definition) is 3. The fourth-order valence-corrected chi connectivity index (χ4v) is 3.48. The molecule has 0 spiro atoms. The lowest BCUT2D eigenvalue weighted by molar-refractivity contribution is 0.134. The number of hydrogen-bond donors (Lipinski definition) is 2. The molecule has 2 aromatic rings. The molecule has 0 amide bonds. The molecule has 2 unspecified atom stereocenters. The number of halogens is 1. The molecule has 1 aromatic heterocycles. The summed E-state index contributed by atoms with van der Waals surface area (Å²) in [6, 6.07) is 15.6. The van der Waals surface area contributed by atoms with E-state index in [4.69, 9.17) is 4.42 Å². The summed E-state index contributed by atoms with van der Waals surface area (Å²) in [6.45, 7) is 7.96. The van der Waals surface area contributed by atoms with Gasteiger partial charge in [0, 0.05) is 31.7 Å². The van der Waals surface area contributed by atoms with Crippen molar-refractivity contribution in [3.63, 3.8) is 0 Å². The molecule has 1 aromatic carbocycles. The van der Waals surface area contributed by atoms with Gasteiger partial charge in [-0.25, -0.2) is 4.99 Å². The summed E-state index contributed by atoms with van der Waals surface area (Å²) in [6.07, 6.45) is 3.94. The summed E-state index contributed by atoms with van der Waals surface area (Å²) in [5.74, 6) is 1.76. The van der Waals surface area contributed by atoms with E-state index in [0.717, 1.165) is 44.2 Å². The van der Waals surface area contributed by atoms with Gasteiger partial charge in [-0.3, -0.25) is 4.90 Å². The first kappa shape index (κ1) is 21.8. The number of likely N-dealkylation sites (tertiary alicyclic amines) is 1. The zero-order valence-electron chi connectivity index (χ0n) is 16.2. The maximum atomic E-state index is 5.37. The van der Waals surface area contributed by atoms with Crippen molar-refractivity contribution in [3.05, 3.63) is 60.1 Å². The molecule has 1 saturated heterocycles. The lowest BCUT2D eigenvalue weighted by atomic mass is 9.97. The quantitative estimate of drug-likeness (QED) is 0.371. The second-order valence-electron chi connectivity index (χ2n) is 6.95. The SMILES string of the molecule is CCNC(=NCc1ccco1)NC1CCN(Cc2ccccc2)C(C)C1.I. The zero-order chi connectivity index (χ0) is 18.2. The highest BCUT2D eigenvalue weighted by Crippen LogP contribution is 2.20. The molecule has 0 aliphatic carbocycles. The lowest BCUT2D eigenvalue weighted by Gasteiger charge is -2.38. The third-order valence-corrected chi connectivity index (χ3v) is 4.90. The van der Waals surface area contributed by atoms with Gasteiger partial charge in [0.1, 0.15) is 12.3 Å². The fourth-order valence-electron chi connectivity index (χ4n) is 3.48. The zero-order valence-corrected chi connectivity index (χ0v) is 18.6. The van der Waals surface area contributed by atoms with Crippen molar-refractivity contribution < 1.29 is 4.42 Å². The van der Waals surface area contributed by atoms with E-state index in [0.29, 0.717) is 18.6 Å². The topological polar surface area (TPSA) is 52.8 Å². The van der Waals surface area contributed by atoms with E-state index in [1.54, 1.807) is 6.26 Å². The molecule has 1 fully saturated rings. The van der Waals surface area contributed by atoms with Crippen molar-refractivity contribution in [1.82, 2.24) is 15.5 Å². The van der Waals surface area contributed by atoms with E-state index < -0.39 is 0 Å². The highest BCUT2D eigenvalue weighted by atomic mass is 127. The molecule has 27 heavy (non-hydrogen) atoms. The number of nitrogens with zero attached hydrogens (tertiary/aromatic N) is 2. The second kappa shape index (κ2) is 11.3. The van der Waals surface area contributed by atoms with Gasteiger partial charge in [-0.1, -0.05) is 30.3 Å². The van der Waals surface area contributed by atoms with Crippen LogP contribution in [0, 0.1) is 0 Å². The van der Waals surface area contributed by atoms with Crippen LogP contribution in [0.3, 0.4) is 0 Å². The summed E-state index contributed by atoms with van der Waals surface area (Å²) < 4.78 is 5.37. The Labute approximate surface area is 179 Å². The Hall–Kier alpha value is -1.54. The summed E-state index contributed by atoms with van der Waals surface area (Å²) in [7, 11) is 0. The third kappa shape index (κ3) is 6.84. The molecule has 1 aliphatic rings. The summed E-state index contributed by atoms with van der Waals surface area (Å²) in [4.78, 5) is 7.22. The standard InChI is InChI=1S/C21H30N4O.HI/c1-3-22-21(23-15-20-10-7-13-26-20)24-19-11-12-25(17(2)14-19)16-18-8-5-4-6-9-18;/h4-10,13,17,19H,3,11-12,14-16H2,1-2H3,(H2,22,23,24);1H. The lowest BCUT2D eigenvalue weighted by Crippen LogP contribution is -2.51. The Morgan fingerprint density at radius 2 is 2.04 bits per heavy atom. The third-order valence-electron chi connectivity index (χ3n) is 4.90. The van der Waals surface area contributed by atoms with Crippen LogP contribution < -0.4 is 10.6 Å². The van der Waals surface area contributed by atoms with Crippen LogP contribution >= 0.6 is 24.0 Å². The highest BCUT2D eigenvalue weighted by molar-refractivity contribution is 14.0. The Balaban J connectivity index is 0.00000261. The average Bonchev–Trinajstić information content (AvgIpc) is 3.17. The number of furan rings is 1. The Morgan fingerprint density at radius 1 is 1.22 bits per heavy atom. The Morgan fingerprint density at radius 3 is 2.70 bits per heavy atom. The minimum atomic E-state index is 0. The molecule has 5 nitrogen and oxygen atoms in total. The normalized spacial score (nSPS) is 20.7. The molecule has 2 heterocycles.